The number of thiophene rings is 1. The molecule has 1 aliphatic heterocycles. The summed E-state index contributed by atoms with van der Waals surface area (Å²) < 4.78 is 5.29. The number of carbonyl (C=O) groups excluding carboxylic acids is 1. The van der Waals surface area contributed by atoms with Crippen molar-refractivity contribution in [3.8, 4) is 5.75 Å². The molecule has 1 aromatic heterocycles. The van der Waals surface area contributed by atoms with Crippen LogP contribution >= 0.6 is 11.3 Å². The van der Waals surface area contributed by atoms with E-state index in [1.807, 2.05) is 46.7 Å². The standard InChI is InChI=1S/C21H25NO3S/c1-25-16-9-7-15(8-10-16)19-17-5-2-3-11-21(17,24)12-13-22(19)20(23)18-6-4-14-26-18/h4,6-10,14,17,19,24H,2-3,5,11-13H2,1H3/t17-,19+,21-/m1/s1. The van der Waals surface area contributed by atoms with Crippen molar-refractivity contribution >= 4 is 17.2 Å². The molecule has 0 radical (unpaired) electrons. The zero-order valence-electron chi connectivity index (χ0n) is 15.1. The zero-order chi connectivity index (χ0) is 18.1. The molecule has 2 fully saturated rings. The van der Waals surface area contributed by atoms with Crippen molar-refractivity contribution in [1.82, 2.24) is 4.90 Å². The number of aliphatic hydroxyl groups is 1. The highest BCUT2D eigenvalue weighted by atomic mass is 32.1. The molecule has 4 nitrogen and oxygen atoms in total. The van der Waals surface area contributed by atoms with Gasteiger partial charge < -0.3 is 14.7 Å². The minimum Gasteiger partial charge on any atom is -0.497 e. The highest BCUT2D eigenvalue weighted by Crippen LogP contribution is 2.49. The van der Waals surface area contributed by atoms with E-state index in [1.165, 1.54) is 11.3 Å². The van der Waals surface area contributed by atoms with Crippen molar-refractivity contribution in [3.05, 3.63) is 52.2 Å². The Kier molecular flexibility index (Phi) is 4.76. The number of likely N-dealkylation sites (tertiary alicyclic amines) is 1. The quantitative estimate of drug-likeness (QED) is 0.877. The highest BCUT2D eigenvalue weighted by molar-refractivity contribution is 7.12. The fraction of sp³-hybridized carbons (Fsp3) is 0.476. The van der Waals surface area contributed by atoms with Crippen LogP contribution in [-0.2, 0) is 0 Å². The summed E-state index contributed by atoms with van der Waals surface area (Å²) in [7, 11) is 1.65. The average Bonchev–Trinajstić information content (AvgIpc) is 3.21. The number of carbonyl (C=O) groups is 1. The van der Waals surface area contributed by atoms with Crippen LogP contribution in [0.2, 0.25) is 0 Å². The number of piperidine rings is 1. The van der Waals surface area contributed by atoms with E-state index in [4.69, 9.17) is 4.74 Å². The first-order chi connectivity index (χ1) is 12.6. The minimum atomic E-state index is -0.658. The summed E-state index contributed by atoms with van der Waals surface area (Å²) >= 11 is 1.48. The number of nitrogens with zero attached hydrogens (tertiary/aromatic N) is 1. The first-order valence-corrected chi connectivity index (χ1v) is 10.2. The van der Waals surface area contributed by atoms with Gasteiger partial charge in [-0.15, -0.1) is 11.3 Å². The molecule has 4 rings (SSSR count). The largest absolute Gasteiger partial charge is 0.497 e. The molecule has 1 saturated heterocycles. The van der Waals surface area contributed by atoms with Gasteiger partial charge in [-0.2, -0.15) is 0 Å². The van der Waals surface area contributed by atoms with Crippen LogP contribution in [0.3, 0.4) is 0 Å². The lowest BCUT2D eigenvalue weighted by Crippen LogP contribution is -2.56. The number of methoxy groups -OCH3 is 1. The van der Waals surface area contributed by atoms with Gasteiger partial charge in [-0.1, -0.05) is 31.0 Å². The predicted octanol–water partition coefficient (Wildman–Crippen LogP) is 4.27. The van der Waals surface area contributed by atoms with Gasteiger partial charge in [-0.3, -0.25) is 4.79 Å². The highest BCUT2D eigenvalue weighted by Gasteiger charge is 2.50. The second kappa shape index (κ2) is 7.05. The molecule has 2 heterocycles. The molecule has 1 N–H and O–H groups in total. The molecule has 5 heteroatoms. The molecule has 0 unspecified atom stereocenters. The molecular weight excluding hydrogens is 346 g/mol. The molecule has 138 valence electrons. The molecule has 0 spiro atoms. The van der Waals surface area contributed by atoms with Crippen LogP contribution in [0.25, 0.3) is 0 Å². The number of hydrogen-bond donors (Lipinski definition) is 1. The molecule has 1 aromatic carbocycles. The lowest BCUT2D eigenvalue weighted by molar-refractivity contribution is -0.114. The van der Waals surface area contributed by atoms with E-state index in [0.717, 1.165) is 41.9 Å². The lowest BCUT2D eigenvalue weighted by Gasteiger charge is -2.52. The molecular formula is C21H25NO3S. The fourth-order valence-electron chi connectivity index (χ4n) is 4.66. The smallest absolute Gasteiger partial charge is 0.264 e. The minimum absolute atomic E-state index is 0.0773. The number of ether oxygens (including phenoxy) is 1. The molecule has 1 aliphatic carbocycles. The fourth-order valence-corrected chi connectivity index (χ4v) is 5.34. The normalized spacial score (nSPS) is 28.5. The molecule has 1 saturated carbocycles. The Morgan fingerprint density at radius 1 is 1.23 bits per heavy atom. The second-order valence-electron chi connectivity index (χ2n) is 7.40. The summed E-state index contributed by atoms with van der Waals surface area (Å²) in [4.78, 5) is 15.9. The van der Waals surface area contributed by atoms with E-state index in [-0.39, 0.29) is 17.9 Å². The summed E-state index contributed by atoms with van der Waals surface area (Å²) in [6, 6.07) is 11.7. The van der Waals surface area contributed by atoms with E-state index < -0.39 is 5.60 Å². The van der Waals surface area contributed by atoms with Crippen LogP contribution in [0.4, 0.5) is 0 Å². The van der Waals surface area contributed by atoms with Crippen molar-refractivity contribution in [3.63, 3.8) is 0 Å². The van der Waals surface area contributed by atoms with Crippen molar-refractivity contribution in [1.29, 1.82) is 0 Å². The maximum Gasteiger partial charge on any atom is 0.264 e. The van der Waals surface area contributed by atoms with E-state index in [9.17, 15) is 9.90 Å². The number of rotatable bonds is 3. The Morgan fingerprint density at radius 3 is 2.73 bits per heavy atom. The SMILES string of the molecule is COc1ccc([C@H]2[C@H]3CCCC[C@@]3(O)CCN2C(=O)c2cccs2)cc1. The summed E-state index contributed by atoms with van der Waals surface area (Å²) in [6.07, 6.45) is 4.65. The Morgan fingerprint density at radius 2 is 2.04 bits per heavy atom. The summed E-state index contributed by atoms with van der Waals surface area (Å²) in [5.74, 6) is 0.968. The first-order valence-electron chi connectivity index (χ1n) is 9.33. The van der Waals surface area contributed by atoms with Crippen LogP contribution in [0, 0.1) is 5.92 Å². The van der Waals surface area contributed by atoms with E-state index in [2.05, 4.69) is 0 Å². The van der Waals surface area contributed by atoms with Gasteiger partial charge in [0.1, 0.15) is 5.75 Å². The van der Waals surface area contributed by atoms with Crippen LogP contribution in [-0.4, -0.2) is 35.2 Å². The molecule has 1 amide bonds. The third kappa shape index (κ3) is 3.03. The summed E-state index contributed by atoms with van der Waals surface area (Å²) in [5, 5.41) is 13.2. The Labute approximate surface area is 158 Å². The van der Waals surface area contributed by atoms with Gasteiger partial charge >= 0.3 is 0 Å². The first kappa shape index (κ1) is 17.6. The lowest BCUT2D eigenvalue weighted by atomic mass is 9.66. The van der Waals surface area contributed by atoms with Gasteiger partial charge in [0.2, 0.25) is 0 Å². The number of benzene rings is 1. The molecule has 3 atom stereocenters. The van der Waals surface area contributed by atoms with E-state index in [0.29, 0.717) is 13.0 Å². The number of fused-ring (bicyclic) bond motifs is 1. The predicted molar refractivity (Wildman–Crippen MR) is 103 cm³/mol. The molecule has 26 heavy (non-hydrogen) atoms. The van der Waals surface area contributed by atoms with Crippen molar-refractivity contribution < 1.29 is 14.6 Å². The van der Waals surface area contributed by atoms with Crippen molar-refractivity contribution in [2.24, 2.45) is 5.92 Å². The Hall–Kier alpha value is -1.85. The maximum absolute atomic E-state index is 13.2. The summed E-state index contributed by atoms with van der Waals surface area (Å²) in [5.41, 5.74) is 0.426. The molecule has 2 aromatic rings. The van der Waals surface area contributed by atoms with Crippen molar-refractivity contribution in [2.45, 2.75) is 43.7 Å². The Balaban J connectivity index is 1.73. The maximum atomic E-state index is 13.2. The van der Waals surface area contributed by atoms with Gasteiger partial charge in [0, 0.05) is 12.5 Å². The van der Waals surface area contributed by atoms with Gasteiger partial charge in [-0.05, 0) is 48.4 Å². The number of hydrogen-bond acceptors (Lipinski definition) is 4. The van der Waals surface area contributed by atoms with Crippen LogP contribution in [0.1, 0.15) is 53.4 Å². The third-order valence-electron chi connectivity index (χ3n) is 6.02. The second-order valence-corrected chi connectivity index (χ2v) is 8.35. The summed E-state index contributed by atoms with van der Waals surface area (Å²) in [6.45, 7) is 0.598. The van der Waals surface area contributed by atoms with Crippen LogP contribution in [0.15, 0.2) is 41.8 Å². The Bertz CT molecular complexity index is 758. The average molecular weight is 372 g/mol. The monoisotopic (exact) mass is 371 g/mol. The van der Waals surface area contributed by atoms with Gasteiger partial charge in [0.15, 0.2) is 0 Å². The van der Waals surface area contributed by atoms with Crippen LogP contribution in [0.5, 0.6) is 5.75 Å². The number of amides is 1. The van der Waals surface area contributed by atoms with Crippen LogP contribution < -0.4 is 4.74 Å². The van der Waals surface area contributed by atoms with Gasteiger partial charge in [0.25, 0.3) is 5.91 Å². The van der Waals surface area contributed by atoms with Crippen molar-refractivity contribution in [2.75, 3.05) is 13.7 Å². The van der Waals surface area contributed by atoms with Gasteiger partial charge in [0.05, 0.1) is 23.6 Å². The molecule has 0 bridgehead atoms. The third-order valence-corrected chi connectivity index (χ3v) is 6.88. The van der Waals surface area contributed by atoms with Gasteiger partial charge in [-0.25, -0.2) is 0 Å². The topological polar surface area (TPSA) is 49.8 Å². The van der Waals surface area contributed by atoms with E-state index >= 15 is 0 Å². The van der Waals surface area contributed by atoms with E-state index in [1.54, 1.807) is 7.11 Å². The molecule has 2 aliphatic rings. The zero-order valence-corrected chi connectivity index (χ0v) is 15.9.